The molecule has 1 aliphatic heterocycles. The molecule has 0 saturated carbocycles. The van der Waals surface area contributed by atoms with Gasteiger partial charge in [-0.05, 0) is 42.9 Å². The topological polar surface area (TPSA) is 70.6 Å². The van der Waals surface area contributed by atoms with Gasteiger partial charge in [-0.25, -0.2) is 8.78 Å². The van der Waals surface area contributed by atoms with Crippen molar-refractivity contribution in [3.8, 4) is 0 Å². The normalized spacial score (nSPS) is 21.2. The summed E-state index contributed by atoms with van der Waals surface area (Å²) in [5, 5.41) is 16.7. The van der Waals surface area contributed by atoms with Gasteiger partial charge in [0.25, 0.3) is 0 Å². The monoisotopic (exact) mass is 420 g/mol. The first kappa shape index (κ1) is 24.8. The Balaban J connectivity index is 0.00000392. The van der Waals surface area contributed by atoms with Crippen LogP contribution in [0.5, 0.6) is 0 Å². The molecule has 0 bridgehead atoms. The molecule has 0 unspecified atom stereocenters. The third-order valence-corrected chi connectivity index (χ3v) is 4.76. The lowest BCUT2D eigenvalue weighted by atomic mass is 9.95. The molecule has 1 heterocycles. The fourth-order valence-electron chi connectivity index (χ4n) is 3.37. The number of rotatable bonds is 9. The van der Waals surface area contributed by atoms with Crippen LogP contribution in [0.4, 0.5) is 8.78 Å². The second kappa shape index (κ2) is 11.7. The van der Waals surface area contributed by atoms with Crippen LogP contribution in [0.2, 0.25) is 0 Å². The van der Waals surface area contributed by atoms with Crippen molar-refractivity contribution >= 4 is 18.3 Å². The molecule has 1 aromatic rings. The van der Waals surface area contributed by atoms with E-state index in [0.717, 1.165) is 12.5 Å². The highest BCUT2D eigenvalue weighted by molar-refractivity contribution is 5.85. The maximum Gasteiger partial charge on any atom is 0.217 e. The average molecular weight is 421 g/mol. The predicted molar refractivity (Wildman–Crippen MR) is 107 cm³/mol. The summed E-state index contributed by atoms with van der Waals surface area (Å²) in [6.07, 6.45) is 0.829. The molecule has 1 aliphatic rings. The predicted octanol–water partition coefficient (Wildman–Crippen LogP) is 2.59. The summed E-state index contributed by atoms with van der Waals surface area (Å²) in [4.78, 5) is 11.6. The second-order valence-electron chi connectivity index (χ2n) is 7.71. The molecule has 160 valence electrons. The molecule has 1 amide bonds. The Morgan fingerprint density at radius 2 is 1.96 bits per heavy atom. The number of aliphatic hydroxyl groups excluding tert-OH is 1. The Kier molecular flexibility index (Phi) is 10.3. The minimum absolute atomic E-state index is 0. The van der Waals surface area contributed by atoms with E-state index in [4.69, 9.17) is 4.74 Å². The fraction of sp³-hybridized carbons (Fsp3) is 0.650. The maximum absolute atomic E-state index is 13.5. The van der Waals surface area contributed by atoms with E-state index in [-0.39, 0.29) is 36.9 Å². The molecule has 5 nitrogen and oxygen atoms in total. The Bertz CT molecular complexity index is 613. The average Bonchev–Trinajstić information content (AvgIpc) is 3.00. The van der Waals surface area contributed by atoms with Gasteiger partial charge in [0.2, 0.25) is 5.91 Å². The summed E-state index contributed by atoms with van der Waals surface area (Å²) >= 11 is 0. The van der Waals surface area contributed by atoms with Gasteiger partial charge in [0.05, 0.1) is 18.2 Å². The lowest BCUT2D eigenvalue weighted by molar-refractivity contribution is -0.120. The van der Waals surface area contributed by atoms with E-state index in [1.54, 1.807) is 0 Å². The number of benzene rings is 1. The van der Waals surface area contributed by atoms with Crippen molar-refractivity contribution < 1.29 is 23.4 Å². The van der Waals surface area contributed by atoms with Crippen molar-refractivity contribution in [2.24, 2.45) is 5.92 Å². The van der Waals surface area contributed by atoms with Crippen LogP contribution < -0.4 is 10.6 Å². The first-order valence-electron chi connectivity index (χ1n) is 9.49. The summed E-state index contributed by atoms with van der Waals surface area (Å²) in [5.41, 5.74) is 0.382. The van der Waals surface area contributed by atoms with Crippen molar-refractivity contribution in [1.29, 1.82) is 0 Å². The van der Waals surface area contributed by atoms with Gasteiger partial charge in [-0.15, -0.1) is 12.4 Å². The first-order valence-corrected chi connectivity index (χ1v) is 9.49. The molecule has 8 heteroatoms. The number of carbonyl (C=O) groups is 1. The molecule has 1 fully saturated rings. The van der Waals surface area contributed by atoms with Crippen molar-refractivity contribution in [3.05, 3.63) is 35.4 Å². The fourth-order valence-corrected chi connectivity index (χ4v) is 3.37. The molecule has 2 rings (SSSR count). The number of ether oxygens (including phenoxy) is 1. The molecule has 28 heavy (non-hydrogen) atoms. The van der Waals surface area contributed by atoms with E-state index in [9.17, 15) is 18.7 Å². The van der Waals surface area contributed by atoms with E-state index in [1.807, 2.05) is 0 Å². The van der Waals surface area contributed by atoms with E-state index in [1.165, 1.54) is 19.1 Å². The second-order valence-corrected chi connectivity index (χ2v) is 7.71. The van der Waals surface area contributed by atoms with Crippen LogP contribution in [0.3, 0.4) is 0 Å². The number of aliphatic hydroxyl groups is 1. The summed E-state index contributed by atoms with van der Waals surface area (Å²) in [6, 6.07) is 2.31. The van der Waals surface area contributed by atoms with Gasteiger partial charge in [0, 0.05) is 32.2 Å². The zero-order valence-corrected chi connectivity index (χ0v) is 17.4. The highest BCUT2D eigenvalue weighted by Crippen LogP contribution is 2.19. The molecule has 1 saturated heterocycles. The summed E-state index contributed by atoms with van der Waals surface area (Å²) < 4.78 is 32.7. The quantitative estimate of drug-likeness (QED) is 0.574. The highest BCUT2D eigenvalue weighted by atomic mass is 35.5. The molecular formula is C20H31ClF2N2O3. The largest absolute Gasteiger partial charge is 0.389 e. The van der Waals surface area contributed by atoms with Gasteiger partial charge in [-0.2, -0.15) is 0 Å². The zero-order chi connectivity index (χ0) is 20.0. The number of hydrogen-bond donors (Lipinski definition) is 3. The van der Waals surface area contributed by atoms with Crippen molar-refractivity contribution in [2.75, 3.05) is 13.2 Å². The zero-order valence-electron chi connectivity index (χ0n) is 16.6. The molecule has 1 aromatic carbocycles. The third-order valence-electron chi connectivity index (χ3n) is 4.76. The SMILES string of the molecule is CC(=O)N[C@@H](Cc1cc(F)cc(F)c1)[C@@H](O)[C@H]1C[C@@H](OCCC(C)C)CN1.Cl. The van der Waals surface area contributed by atoms with Gasteiger partial charge in [0.15, 0.2) is 0 Å². The highest BCUT2D eigenvalue weighted by Gasteiger charge is 2.35. The van der Waals surface area contributed by atoms with Crippen LogP contribution in [0, 0.1) is 17.6 Å². The minimum Gasteiger partial charge on any atom is -0.389 e. The van der Waals surface area contributed by atoms with Crippen LogP contribution in [0.1, 0.15) is 39.2 Å². The molecule has 4 atom stereocenters. The lowest BCUT2D eigenvalue weighted by Crippen LogP contribution is -2.51. The van der Waals surface area contributed by atoms with Crippen LogP contribution in [0.25, 0.3) is 0 Å². The summed E-state index contributed by atoms with van der Waals surface area (Å²) in [6.45, 7) is 6.92. The van der Waals surface area contributed by atoms with Crippen LogP contribution in [-0.2, 0) is 16.0 Å². The third kappa shape index (κ3) is 7.99. The number of nitrogens with one attached hydrogen (secondary N) is 2. The van der Waals surface area contributed by atoms with Crippen LogP contribution in [0.15, 0.2) is 18.2 Å². The molecule has 0 spiro atoms. The smallest absolute Gasteiger partial charge is 0.217 e. The Hall–Kier alpha value is -1.28. The number of carbonyl (C=O) groups excluding carboxylic acids is 1. The Morgan fingerprint density at radius 1 is 1.32 bits per heavy atom. The van der Waals surface area contributed by atoms with Crippen LogP contribution >= 0.6 is 12.4 Å². The lowest BCUT2D eigenvalue weighted by Gasteiger charge is -2.28. The van der Waals surface area contributed by atoms with Gasteiger partial charge >= 0.3 is 0 Å². The Morgan fingerprint density at radius 3 is 2.54 bits per heavy atom. The summed E-state index contributed by atoms with van der Waals surface area (Å²) in [5.74, 6) is -1.10. The molecular weight excluding hydrogens is 390 g/mol. The molecule has 3 N–H and O–H groups in total. The van der Waals surface area contributed by atoms with Crippen molar-refractivity contribution in [1.82, 2.24) is 10.6 Å². The minimum atomic E-state index is -0.904. The number of amides is 1. The van der Waals surface area contributed by atoms with Gasteiger partial charge in [-0.1, -0.05) is 13.8 Å². The van der Waals surface area contributed by atoms with E-state index < -0.39 is 23.8 Å². The summed E-state index contributed by atoms with van der Waals surface area (Å²) in [7, 11) is 0. The van der Waals surface area contributed by atoms with Crippen LogP contribution in [-0.4, -0.2) is 48.5 Å². The van der Waals surface area contributed by atoms with Crippen molar-refractivity contribution in [3.63, 3.8) is 0 Å². The van der Waals surface area contributed by atoms with Gasteiger partial charge < -0.3 is 20.5 Å². The van der Waals surface area contributed by atoms with Gasteiger partial charge in [-0.3, -0.25) is 4.79 Å². The molecule has 0 radical (unpaired) electrons. The van der Waals surface area contributed by atoms with E-state index in [0.29, 0.717) is 31.1 Å². The number of halogens is 3. The van der Waals surface area contributed by atoms with E-state index >= 15 is 0 Å². The maximum atomic E-state index is 13.5. The standard InChI is InChI=1S/C20H30F2N2O3.ClH/c1-12(2)4-5-27-17-10-18(23-11-17)20(26)19(24-13(3)25)8-14-6-15(21)9-16(22)7-14;/h6-7,9,12,17-20,23,26H,4-5,8,10-11H2,1-3H3,(H,24,25);1H/t17-,18-,19+,20+;/m1./s1. The van der Waals surface area contributed by atoms with Gasteiger partial charge in [0.1, 0.15) is 11.6 Å². The Labute approximate surface area is 171 Å². The molecule has 0 aromatic heterocycles. The van der Waals surface area contributed by atoms with E-state index in [2.05, 4.69) is 24.5 Å². The number of hydrogen-bond acceptors (Lipinski definition) is 4. The van der Waals surface area contributed by atoms with Crippen molar-refractivity contribution in [2.45, 2.75) is 64.3 Å². The first-order chi connectivity index (χ1) is 12.7. The molecule has 0 aliphatic carbocycles.